The van der Waals surface area contributed by atoms with Crippen LogP contribution in [0.5, 0.6) is 5.75 Å². The Morgan fingerprint density at radius 1 is 1.20 bits per heavy atom. The number of amides is 1. The molecule has 7 nitrogen and oxygen atoms in total. The molecule has 170 valence electrons. The van der Waals surface area contributed by atoms with Crippen molar-refractivity contribution in [3.8, 4) is 5.75 Å². The van der Waals surface area contributed by atoms with Gasteiger partial charge in [-0.05, 0) is 58.2 Å². The molecule has 0 unspecified atom stereocenters. The molecule has 1 aliphatic carbocycles. The molecule has 1 aliphatic rings. The molecule has 0 bridgehead atoms. The Balaban J connectivity index is 0.00000450. The van der Waals surface area contributed by atoms with E-state index in [0.717, 1.165) is 37.5 Å². The minimum Gasteiger partial charge on any atom is -0.484 e. The van der Waals surface area contributed by atoms with Crippen LogP contribution in [-0.2, 0) is 11.3 Å². The second kappa shape index (κ2) is 13.7. The normalized spacial score (nSPS) is 13.9. The molecule has 0 aromatic heterocycles. The number of hydrogen-bond acceptors (Lipinski definition) is 4. The van der Waals surface area contributed by atoms with E-state index in [9.17, 15) is 4.79 Å². The molecule has 0 atom stereocenters. The van der Waals surface area contributed by atoms with Gasteiger partial charge in [0.1, 0.15) is 5.75 Å². The summed E-state index contributed by atoms with van der Waals surface area (Å²) in [6, 6.07) is 9.16. The summed E-state index contributed by atoms with van der Waals surface area (Å²) < 4.78 is 5.62. The van der Waals surface area contributed by atoms with Crippen LogP contribution in [-0.4, -0.2) is 61.6 Å². The van der Waals surface area contributed by atoms with Gasteiger partial charge in [-0.25, -0.2) is 0 Å². The quantitative estimate of drug-likeness (QED) is 0.233. The van der Waals surface area contributed by atoms with Gasteiger partial charge in [0, 0.05) is 44.8 Å². The Bertz CT molecular complexity index is 669. The first-order valence-corrected chi connectivity index (χ1v) is 10.6. The molecule has 1 aromatic carbocycles. The predicted molar refractivity (Wildman–Crippen MR) is 134 cm³/mol. The summed E-state index contributed by atoms with van der Waals surface area (Å²) >= 11 is 0. The van der Waals surface area contributed by atoms with E-state index in [1.54, 1.807) is 7.05 Å². The fourth-order valence-corrected chi connectivity index (χ4v) is 3.21. The average Bonchev–Trinajstić information content (AvgIpc) is 3.49. The van der Waals surface area contributed by atoms with Crippen molar-refractivity contribution in [3.05, 3.63) is 29.8 Å². The van der Waals surface area contributed by atoms with Gasteiger partial charge in [-0.2, -0.15) is 0 Å². The lowest BCUT2D eigenvalue weighted by Crippen LogP contribution is -2.45. The van der Waals surface area contributed by atoms with Gasteiger partial charge in [0.05, 0.1) is 0 Å². The number of aliphatic imine (C=N–C) groups is 1. The van der Waals surface area contributed by atoms with Crippen molar-refractivity contribution in [3.63, 3.8) is 0 Å². The van der Waals surface area contributed by atoms with Crippen LogP contribution in [0.25, 0.3) is 0 Å². The first-order chi connectivity index (χ1) is 13.9. The zero-order valence-corrected chi connectivity index (χ0v) is 21.2. The number of halogens is 1. The molecule has 0 saturated heterocycles. The maximum Gasteiger partial charge on any atom is 0.258 e. The number of benzene rings is 1. The van der Waals surface area contributed by atoms with Crippen LogP contribution in [0.1, 0.15) is 46.1 Å². The highest BCUT2D eigenvalue weighted by Gasteiger charge is 2.23. The predicted octanol–water partition coefficient (Wildman–Crippen LogP) is 2.75. The minimum absolute atomic E-state index is 0. The number of ether oxygens (including phenoxy) is 1. The molecule has 0 spiro atoms. The summed E-state index contributed by atoms with van der Waals surface area (Å²) in [4.78, 5) is 18.5. The fourth-order valence-electron chi connectivity index (χ4n) is 3.21. The molecule has 1 saturated carbocycles. The minimum atomic E-state index is -0.0579. The van der Waals surface area contributed by atoms with Gasteiger partial charge in [0.2, 0.25) is 0 Å². The number of nitrogens with zero attached hydrogens (tertiary/aromatic N) is 2. The fraction of sp³-hybridized carbons (Fsp3) is 0.636. The number of nitrogens with one attached hydrogen (secondary N) is 3. The van der Waals surface area contributed by atoms with Crippen LogP contribution in [0.4, 0.5) is 0 Å². The van der Waals surface area contributed by atoms with Crippen LogP contribution < -0.4 is 20.7 Å². The Morgan fingerprint density at radius 3 is 2.50 bits per heavy atom. The average molecular weight is 531 g/mol. The van der Waals surface area contributed by atoms with Crippen molar-refractivity contribution in [2.45, 2.75) is 65.2 Å². The molecule has 1 amide bonds. The van der Waals surface area contributed by atoms with E-state index >= 15 is 0 Å². The highest BCUT2D eigenvalue weighted by Crippen LogP contribution is 2.18. The molecule has 0 radical (unpaired) electrons. The van der Waals surface area contributed by atoms with E-state index < -0.39 is 0 Å². The standard InChI is InChI=1S/C22H37N5O2.HI/c1-16(2)27(17(3)4)12-11-24-22(23-5)25-14-18-7-6-8-20(13-18)29-15-21(28)26-19-9-10-19;/h6-8,13,16-17,19H,9-12,14-15H2,1-5H3,(H,26,28)(H2,23,24,25);1H. The third-order valence-electron chi connectivity index (χ3n) is 4.88. The Morgan fingerprint density at radius 2 is 1.90 bits per heavy atom. The highest BCUT2D eigenvalue weighted by atomic mass is 127. The van der Waals surface area contributed by atoms with Crippen molar-refractivity contribution in [1.82, 2.24) is 20.9 Å². The van der Waals surface area contributed by atoms with Crippen molar-refractivity contribution in [2.24, 2.45) is 4.99 Å². The van der Waals surface area contributed by atoms with E-state index in [0.29, 0.717) is 30.4 Å². The van der Waals surface area contributed by atoms with Crippen LogP contribution in [0.3, 0.4) is 0 Å². The summed E-state index contributed by atoms with van der Waals surface area (Å²) in [5, 5.41) is 9.63. The van der Waals surface area contributed by atoms with Crippen LogP contribution in [0.2, 0.25) is 0 Å². The Kier molecular flexibility index (Phi) is 12.1. The number of carbonyl (C=O) groups excluding carboxylic acids is 1. The van der Waals surface area contributed by atoms with Crippen molar-refractivity contribution < 1.29 is 9.53 Å². The zero-order valence-electron chi connectivity index (χ0n) is 18.9. The third kappa shape index (κ3) is 9.97. The molecule has 3 N–H and O–H groups in total. The number of carbonyl (C=O) groups is 1. The molecule has 30 heavy (non-hydrogen) atoms. The van der Waals surface area contributed by atoms with Gasteiger partial charge < -0.3 is 20.7 Å². The van der Waals surface area contributed by atoms with Crippen molar-refractivity contribution >= 4 is 35.8 Å². The SMILES string of the molecule is CN=C(NCCN(C(C)C)C(C)C)NCc1cccc(OCC(=O)NC2CC2)c1.I. The molecule has 1 fully saturated rings. The van der Waals surface area contributed by atoms with E-state index in [-0.39, 0.29) is 36.5 Å². The van der Waals surface area contributed by atoms with Gasteiger partial charge in [0.15, 0.2) is 12.6 Å². The first-order valence-electron chi connectivity index (χ1n) is 10.6. The van der Waals surface area contributed by atoms with E-state index in [1.165, 1.54) is 0 Å². The second-order valence-electron chi connectivity index (χ2n) is 8.06. The summed E-state index contributed by atoms with van der Waals surface area (Å²) in [6.07, 6.45) is 2.16. The number of hydrogen-bond donors (Lipinski definition) is 3. The highest BCUT2D eigenvalue weighted by molar-refractivity contribution is 14.0. The maximum atomic E-state index is 11.8. The lowest BCUT2D eigenvalue weighted by molar-refractivity contribution is -0.123. The summed E-state index contributed by atoms with van der Waals surface area (Å²) in [6.45, 7) is 11.4. The van der Waals surface area contributed by atoms with Crippen LogP contribution in [0, 0.1) is 0 Å². The molecular formula is C22H38IN5O2. The summed E-state index contributed by atoms with van der Waals surface area (Å²) in [5.41, 5.74) is 1.07. The van der Waals surface area contributed by atoms with Gasteiger partial charge in [-0.15, -0.1) is 24.0 Å². The second-order valence-corrected chi connectivity index (χ2v) is 8.06. The van der Waals surface area contributed by atoms with Gasteiger partial charge in [-0.3, -0.25) is 14.7 Å². The van der Waals surface area contributed by atoms with Crippen LogP contribution >= 0.6 is 24.0 Å². The summed E-state index contributed by atoms with van der Waals surface area (Å²) in [7, 11) is 1.77. The van der Waals surface area contributed by atoms with Gasteiger partial charge in [-0.1, -0.05) is 12.1 Å². The molecule has 0 aliphatic heterocycles. The topological polar surface area (TPSA) is 78.0 Å². The molecular weight excluding hydrogens is 493 g/mol. The molecule has 0 heterocycles. The van der Waals surface area contributed by atoms with Crippen molar-refractivity contribution in [2.75, 3.05) is 26.7 Å². The third-order valence-corrected chi connectivity index (χ3v) is 4.88. The largest absolute Gasteiger partial charge is 0.484 e. The first kappa shape index (κ1) is 26.5. The monoisotopic (exact) mass is 531 g/mol. The maximum absolute atomic E-state index is 11.8. The Hall–Kier alpha value is -1.55. The van der Waals surface area contributed by atoms with Gasteiger partial charge in [0.25, 0.3) is 5.91 Å². The van der Waals surface area contributed by atoms with Crippen LogP contribution in [0.15, 0.2) is 29.3 Å². The number of rotatable bonds is 11. The van der Waals surface area contributed by atoms with E-state index in [2.05, 4.69) is 53.5 Å². The van der Waals surface area contributed by atoms with E-state index in [1.807, 2.05) is 24.3 Å². The smallest absolute Gasteiger partial charge is 0.258 e. The summed E-state index contributed by atoms with van der Waals surface area (Å²) in [5.74, 6) is 1.41. The molecule has 1 aromatic rings. The molecule has 2 rings (SSSR count). The zero-order chi connectivity index (χ0) is 21.2. The van der Waals surface area contributed by atoms with Crippen molar-refractivity contribution in [1.29, 1.82) is 0 Å². The molecule has 8 heteroatoms. The number of guanidine groups is 1. The Labute approximate surface area is 198 Å². The van der Waals surface area contributed by atoms with E-state index in [4.69, 9.17) is 4.74 Å². The lowest BCUT2D eigenvalue weighted by Gasteiger charge is -2.30. The van der Waals surface area contributed by atoms with Gasteiger partial charge >= 0.3 is 0 Å². The lowest BCUT2D eigenvalue weighted by atomic mass is 10.2.